The van der Waals surface area contributed by atoms with Crippen LogP contribution in [0, 0.1) is 10.1 Å². The highest BCUT2D eigenvalue weighted by Crippen LogP contribution is 2.59. The van der Waals surface area contributed by atoms with Crippen LogP contribution in [0.3, 0.4) is 0 Å². The van der Waals surface area contributed by atoms with Crippen LogP contribution >= 0.6 is 11.6 Å². The van der Waals surface area contributed by atoms with Crippen molar-refractivity contribution in [3.63, 3.8) is 0 Å². The third-order valence-electron chi connectivity index (χ3n) is 6.96. The van der Waals surface area contributed by atoms with Crippen molar-refractivity contribution in [3.8, 4) is 11.5 Å². The number of benzene rings is 2. The van der Waals surface area contributed by atoms with Gasteiger partial charge in [-0.25, -0.2) is 0 Å². The number of para-hydroxylation sites is 1. The van der Waals surface area contributed by atoms with E-state index in [1.807, 2.05) is 23.1 Å². The number of nitro groups is 1. The van der Waals surface area contributed by atoms with E-state index in [4.69, 9.17) is 21.1 Å². The molecule has 3 aliphatic rings. The van der Waals surface area contributed by atoms with Crippen molar-refractivity contribution in [1.29, 1.82) is 0 Å². The predicted molar refractivity (Wildman–Crippen MR) is 115 cm³/mol. The van der Waals surface area contributed by atoms with E-state index in [1.54, 1.807) is 18.2 Å². The quantitative estimate of drug-likeness (QED) is 0.575. The Morgan fingerprint density at radius 3 is 2.65 bits per heavy atom. The molecule has 2 saturated heterocycles. The second-order valence-corrected chi connectivity index (χ2v) is 8.56. The molecular formula is C22H22ClN3O5. The molecule has 3 aliphatic heterocycles. The van der Waals surface area contributed by atoms with Gasteiger partial charge in [-0.05, 0) is 30.5 Å². The summed E-state index contributed by atoms with van der Waals surface area (Å²) in [6, 6.07) is 9.20. The van der Waals surface area contributed by atoms with Gasteiger partial charge in [-0.15, -0.1) is 0 Å². The number of rotatable bonds is 4. The molecule has 1 N–H and O–H groups in total. The van der Waals surface area contributed by atoms with Gasteiger partial charge in [0.15, 0.2) is 17.0 Å². The molecule has 8 nitrogen and oxygen atoms in total. The van der Waals surface area contributed by atoms with Gasteiger partial charge < -0.3 is 14.8 Å². The first-order chi connectivity index (χ1) is 14.9. The highest BCUT2D eigenvalue weighted by atomic mass is 35.5. The smallest absolute Gasteiger partial charge is 0.256 e. The number of halogens is 1. The lowest BCUT2D eigenvalue weighted by Gasteiger charge is -2.32. The van der Waals surface area contributed by atoms with Crippen molar-refractivity contribution in [1.82, 2.24) is 4.90 Å². The Morgan fingerprint density at radius 2 is 1.94 bits per heavy atom. The number of ether oxygens (including phenoxy) is 2. The fourth-order valence-electron chi connectivity index (χ4n) is 5.87. The Bertz CT molecular complexity index is 1090. The number of hydrogen-bond donors (Lipinski definition) is 1. The zero-order chi connectivity index (χ0) is 21.9. The molecule has 0 aliphatic carbocycles. The predicted octanol–water partition coefficient (Wildman–Crippen LogP) is 3.41. The van der Waals surface area contributed by atoms with Gasteiger partial charge in [0.25, 0.3) is 11.9 Å². The Hall–Kier alpha value is -2.84. The number of carbonyl (C=O) groups is 1. The molecule has 4 atom stereocenters. The molecule has 1 spiro atoms. The zero-order valence-corrected chi connectivity index (χ0v) is 17.9. The summed E-state index contributed by atoms with van der Waals surface area (Å²) in [6.07, 6.45) is 1.60. The number of amides is 1. The summed E-state index contributed by atoms with van der Waals surface area (Å²) in [5, 5.41) is 15.9. The molecule has 0 saturated carbocycles. The summed E-state index contributed by atoms with van der Waals surface area (Å²) < 4.78 is 10.8. The Morgan fingerprint density at radius 1 is 1.23 bits per heavy atom. The van der Waals surface area contributed by atoms with Gasteiger partial charge in [0.1, 0.15) is 0 Å². The van der Waals surface area contributed by atoms with Gasteiger partial charge in [-0.1, -0.05) is 29.8 Å². The molecule has 2 fully saturated rings. The van der Waals surface area contributed by atoms with Gasteiger partial charge in [0.05, 0.1) is 20.1 Å². The minimum Gasteiger partial charge on any atom is -0.493 e. The first-order valence-electron chi connectivity index (χ1n) is 10.2. The van der Waals surface area contributed by atoms with Crippen molar-refractivity contribution in [2.75, 3.05) is 26.1 Å². The van der Waals surface area contributed by atoms with Crippen LogP contribution in [-0.4, -0.2) is 48.6 Å². The lowest BCUT2D eigenvalue weighted by Crippen LogP contribution is -2.55. The van der Waals surface area contributed by atoms with E-state index in [9.17, 15) is 14.9 Å². The van der Waals surface area contributed by atoms with Gasteiger partial charge in [0, 0.05) is 39.8 Å². The molecule has 9 heteroatoms. The molecule has 0 unspecified atom stereocenters. The van der Waals surface area contributed by atoms with E-state index in [0.717, 1.165) is 12.8 Å². The fourth-order valence-corrected chi connectivity index (χ4v) is 6.15. The summed E-state index contributed by atoms with van der Waals surface area (Å²) in [5.41, 5.74) is 0.520. The number of nitrogens with one attached hydrogen (secondary N) is 1. The molecule has 0 aromatic heterocycles. The van der Waals surface area contributed by atoms with Gasteiger partial charge in [0.2, 0.25) is 0 Å². The van der Waals surface area contributed by atoms with Crippen molar-refractivity contribution in [2.45, 2.75) is 36.4 Å². The number of fused-ring (bicyclic) bond motifs is 4. The molecular weight excluding hydrogens is 422 g/mol. The molecule has 2 aromatic carbocycles. The number of nitrogens with zero attached hydrogens (tertiary/aromatic N) is 2. The number of anilines is 1. The van der Waals surface area contributed by atoms with Crippen molar-refractivity contribution in [3.05, 3.63) is 62.7 Å². The number of hydrogen-bond acceptors (Lipinski definition) is 6. The van der Waals surface area contributed by atoms with Crippen LogP contribution in [0.4, 0.5) is 5.69 Å². The first-order valence-corrected chi connectivity index (χ1v) is 10.6. The largest absolute Gasteiger partial charge is 0.493 e. The zero-order valence-electron chi connectivity index (χ0n) is 17.1. The molecule has 0 bridgehead atoms. The van der Waals surface area contributed by atoms with E-state index < -0.39 is 17.5 Å². The fraction of sp³-hybridized carbons (Fsp3) is 0.409. The Labute approximate surface area is 184 Å². The normalized spacial score (nSPS) is 29.0. The van der Waals surface area contributed by atoms with Crippen LogP contribution in [-0.2, 0) is 10.3 Å². The van der Waals surface area contributed by atoms with E-state index in [0.29, 0.717) is 39.9 Å². The van der Waals surface area contributed by atoms with E-state index >= 15 is 0 Å². The summed E-state index contributed by atoms with van der Waals surface area (Å²) in [4.78, 5) is 27.8. The maximum atomic E-state index is 13.5. The number of carbonyl (C=O) groups excluding carboxylic acids is 1. The summed E-state index contributed by atoms with van der Waals surface area (Å²) >= 11 is 6.63. The molecule has 162 valence electrons. The lowest BCUT2D eigenvalue weighted by molar-refractivity contribution is -0.534. The Balaban J connectivity index is 1.76. The first kappa shape index (κ1) is 20.1. The average molecular weight is 444 g/mol. The molecule has 2 aromatic rings. The van der Waals surface area contributed by atoms with Gasteiger partial charge >= 0.3 is 0 Å². The van der Waals surface area contributed by atoms with Gasteiger partial charge in [-0.3, -0.25) is 19.8 Å². The highest BCUT2D eigenvalue weighted by molar-refractivity contribution is 6.31. The summed E-state index contributed by atoms with van der Waals surface area (Å²) in [5.74, 6) is -0.0253. The minimum atomic E-state index is -1.37. The maximum Gasteiger partial charge on any atom is 0.256 e. The van der Waals surface area contributed by atoms with Crippen LogP contribution < -0.4 is 14.8 Å². The van der Waals surface area contributed by atoms with Crippen LogP contribution in [0.2, 0.25) is 5.02 Å². The topological polar surface area (TPSA) is 93.9 Å². The van der Waals surface area contributed by atoms with Crippen molar-refractivity contribution in [2.24, 2.45) is 0 Å². The van der Waals surface area contributed by atoms with Crippen molar-refractivity contribution >= 4 is 23.2 Å². The minimum absolute atomic E-state index is 0.192. The lowest BCUT2D eigenvalue weighted by atomic mass is 9.77. The van der Waals surface area contributed by atoms with Crippen LogP contribution in [0.25, 0.3) is 0 Å². The monoisotopic (exact) mass is 443 g/mol. The van der Waals surface area contributed by atoms with E-state index in [-0.39, 0.29) is 16.9 Å². The highest BCUT2D eigenvalue weighted by Gasteiger charge is 2.73. The van der Waals surface area contributed by atoms with E-state index in [1.165, 1.54) is 14.2 Å². The third kappa shape index (κ3) is 2.55. The maximum absolute atomic E-state index is 13.5. The van der Waals surface area contributed by atoms with Gasteiger partial charge in [-0.2, -0.15) is 0 Å². The van der Waals surface area contributed by atoms with Crippen molar-refractivity contribution < 1.29 is 19.2 Å². The van der Waals surface area contributed by atoms with Crippen LogP contribution in [0.5, 0.6) is 11.5 Å². The second-order valence-electron chi connectivity index (χ2n) is 8.15. The molecule has 1 amide bonds. The average Bonchev–Trinajstić information content (AvgIpc) is 3.41. The van der Waals surface area contributed by atoms with E-state index in [2.05, 4.69) is 5.32 Å². The second kappa shape index (κ2) is 7.10. The third-order valence-corrected chi connectivity index (χ3v) is 7.28. The number of methoxy groups -OCH3 is 2. The molecule has 31 heavy (non-hydrogen) atoms. The standard InChI is InChI=1S/C22H22ClN3O5/c1-30-17-10-12(14(23)11-18(17)31-2)19-16-8-5-9-25(16)22(20(19)26(28)29)13-6-3-4-7-15(13)24-21(22)27/h3-4,6-7,10-11,16,19-20H,5,8-9H2,1-2H3,(H,24,27)/t16-,19+,20-,22-/m0/s1. The molecule has 3 heterocycles. The summed E-state index contributed by atoms with van der Waals surface area (Å²) in [6.45, 7) is 0.609. The van der Waals surface area contributed by atoms with Crippen LogP contribution in [0.1, 0.15) is 29.9 Å². The molecule has 5 rings (SSSR count). The molecule has 0 radical (unpaired) electrons. The Kier molecular flexibility index (Phi) is 4.60. The SMILES string of the molecule is COc1cc(Cl)c([C@H]2[C@H]([N+](=O)[O-])[C@@]3(C(=O)Nc4ccccc43)N3CCC[C@@H]23)cc1OC. The van der Waals surface area contributed by atoms with Crippen LogP contribution in [0.15, 0.2) is 36.4 Å². The summed E-state index contributed by atoms with van der Waals surface area (Å²) in [7, 11) is 3.02.